The highest BCUT2D eigenvalue weighted by atomic mass is 79.9. The van der Waals surface area contributed by atoms with Gasteiger partial charge in [0, 0.05) is 4.47 Å². The minimum absolute atomic E-state index is 0.0848. The highest BCUT2D eigenvalue weighted by molar-refractivity contribution is 9.10. The summed E-state index contributed by atoms with van der Waals surface area (Å²) in [6.45, 7) is 0. The number of rotatable bonds is 6. The first-order valence-electron chi connectivity index (χ1n) is 8.16. The average Bonchev–Trinajstić information content (AvgIpc) is 2.65. The Balaban J connectivity index is 1.92. The van der Waals surface area contributed by atoms with Crippen molar-refractivity contribution in [3.8, 4) is 0 Å². The minimum Gasteiger partial charge on any atom is -0.478 e. The lowest BCUT2D eigenvalue weighted by atomic mass is 10.0. The number of aromatic carboxylic acids is 1. The molecule has 3 aromatic carbocycles. The Morgan fingerprint density at radius 3 is 2.38 bits per heavy atom. The van der Waals surface area contributed by atoms with E-state index in [9.17, 15) is 13.6 Å². The van der Waals surface area contributed by atoms with E-state index in [2.05, 4.69) is 20.5 Å². The first kappa shape index (κ1) is 21.5. The predicted molar refractivity (Wildman–Crippen MR) is 110 cm³/mol. The topological polar surface area (TPSA) is 87.0 Å². The molecule has 0 heterocycles. The maximum absolute atomic E-state index is 14.1. The summed E-state index contributed by atoms with van der Waals surface area (Å²) in [7, 11) is -3.22. The Hall–Kier alpha value is -2.22. The summed E-state index contributed by atoms with van der Waals surface area (Å²) in [4.78, 5) is 28.6. The van der Waals surface area contributed by atoms with Gasteiger partial charge in [-0.05, 0) is 62.1 Å². The van der Waals surface area contributed by atoms with Crippen molar-refractivity contribution in [1.82, 2.24) is 0 Å². The molecule has 0 fully saturated rings. The molecule has 0 bridgehead atoms. The third-order valence-electron chi connectivity index (χ3n) is 4.09. The number of carboxylic acid groups (broad SMARTS) is 1. The van der Waals surface area contributed by atoms with Gasteiger partial charge in [0.15, 0.2) is 0 Å². The monoisotopic (exact) mass is 482 g/mol. The van der Waals surface area contributed by atoms with Crippen LogP contribution in [0.4, 0.5) is 8.78 Å². The van der Waals surface area contributed by atoms with E-state index in [-0.39, 0.29) is 10.0 Å². The molecule has 0 unspecified atom stereocenters. The largest absolute Gasteiger partial charge is 0.478 e. The normalized spacial score (nSPS) is 12.2. The van der Waals surface area contributed by atoms with Crippen molar-refractivity contribution in [1.29, 1.82) is 0 Å². The molecule has 0 aromatic heterocycles. The molecule has 0 spiro atoms. The Kier molecular flexibility index (Phi) is 6.41. The lowest BCUT2D eigenvalue weighted by Crippen LogP contribution is -2.16. The molecule has 3 N–H and O–H groups in total. The first-order valence-corrected chi connectivity index (χ1v) is 10.1. The SMILES string of the molecule is O=C(O)c1cccc(/C=C/c2ccc3c(Br)c(C(F)(F)OP(O)O)ccc3c2)c1. The molecule has 5 nitrogen and oxygen atoms in total. The first-order chi connectivity index (χ1) is 13.7. The summed E-state index contributed by atoms with van der Waals surface area (Å²) in [5.41, 5.74) is 1.16. The van der Waals surface area contributed by atoms with E-state index < -0.39 is 26.2 Å². The maximum Gasteiger partial charge on any atom is 0.390 e. The number of carbonyl (C=O) groups is 1. The van der Waals surface area contributed by atoms with Gasteiger partial charge in [0.1, 0.15) is 0 Å². The molecule has 0 aliphatic rings. The van der Waals surface area contributed by atoms with Crippen LogP contribution in [0.5, 0.6) is 0 Å². The Morgan fingerprint density at radius 2 is 1.72 bits per heavy atom. The van der Waals surface area contributed by atoms with E-state index in [1.54, 1.807) is 48.6 Å². The van der Waals surface area contributed by atoms with Gasteiger partial charge in [-0.25, -0.2) is 9.32 Å². The zero-order valence-electron chi connectivity index (χ0n) is 14.6. The van der Waals surface area contributed by atoms with Gasteiger partial charge in [-0.3, -0.25) is 0 Å². The van der Waals surface area contributed by atoms with Gasteiger partial charge in [-0.15, -0.1) is 0 Å². The number of carboxylic acids is 1. The van der Waals surface area contributed by atoms with Crippen molar-refractivity contribution in [2.75, 3.05) is 0 Å². The van der Waals surface area contributed by atoms with E-state index >= 15 is 0 Å². The molecule has 150 valence electrons. The molecule has 0 aliphatic carbocycles. The fourth-order valence-electron chi connectivity index (χ4n) is 2.76. The Labute approximate surface area is 174 Å². The number of alkyl halides is 2. The molecule has 0 amide bonds. The van der Waals surface area contributed by atoms with Crippen LogP contribution in [-0.2, 0) is 10.6 Å². The summed E-state index contributed by atoms with van der Waals surface area (Å²) in [5.74, 6) is -1.01. The van der Waals surface area contributed by atoms with Crippen molar-refractivity contribution in [2.45, 2.75) is 6.11 Å². The molecule has 3 rings (SSSR count). The van der Waals surface area contributed by atoms with Crippen LogP contribution in [0.1, 0.15) is 27.0 Å². The van der Waals surface area contributed by atoms with Gasteiger partial charge >= 0.3 is 20.7 Å². The lowest BCUT2D eigenvalue weighted by molar-refractivity contribution is -0.190. The van der Waals surface area contributed by atoms with Crippen LogP contribution in [0.2, 0.25) is 0 Å². The standard InChI is InChI=1S/C20H14BrF2O5P/c21-18-16-8-6-13(5-4-12-2-1-3-15(11-12)19(24)25)10-14(16)7-9-17(18)20(22,23)28-29(26)27/h1-11,26-27H,(H,24,25)/b5-4+. The molecule has 0 atom stereocenters. The van der Waals surface area contributed by atoms with Crippen LogP contribution in [-0.4, -0.2) is 20.9 Å². The third kappa shape index (κ3) is 5.04. The summed E-state index contributed by atoms with van der Waals surface area (Å²) >= 11 is 3.14. The number of fused-ring (bicyclic) bond motifs is 1. The molecule has 0 saturated heterocycles. The average molecular weight is 483 g/mol. The maximum atomic E-state index is 14.1. The van der Waals surface area contributed by atoms with E-state index in [1.807, 2.05) is 0 Å². The predicted octanol–water partition coefficient (Wildman–Crippen LogP) is 5.75. The molecule has 3 aromatic rings. The second kappa shape index (κ2) is 8.65. The molecule has 9 heteroatoms. The Bertz CT molecular complexity index is 1100. The second-order valence-electron chi connectivity index (χ2n) is 6.03. The van der Waals surface area contributed by atoms with Crippen LogP contribution < -0.4 is 0 Å². The van der Waals surface area contributed by atoms with Crippen molar-refractivity contribution < 1.29 is 33.0 Å². The van der Waals surface area contributed by atoms with Crippen LogP contribution in [0.15, 0.2) is 59.1 Å². The molecular weight excluding hydrogens is 469 g/mol. The zero-order chi connectivity index (χ0) is 21.2. The van der Waals surface area contributed by atoms with Gasteiger partial charge in [-0.1, -0.05) is 42.5 Å². The van der Waals surface area contributed by atoms with Crippen LogP contribution in [0, 0.1) is 0 Å². The van der Waals surface area contributed by atoms with Crippen molar-refractivity contribution in [3.63, 3.8) is 0 Å². The van der Waals surface area contributed by atoms with Gasteiger partial charge in [0.2, 0.25) is 0 Å². The smallest absolute Gasteiger partial charge is 0.390 e. The summed E-state index contributed by atoms with van der Waals surface area (Å²) in [5, 5.41) is 10.2. The van der Waals surface area contributed by atoms with Crippen LogP contribution >= 0.6 is 24.5 Å². The number of hydrogen-bond acceptors (Lipinski definition) is 4. The van der Waals surface area contributed by atoms with Crippen molar-refractivity contribution in [3.05, 3.63) is 81.3 Å². The summed E-state index contributed by atoms with van der Waals surface area (Å²) in [6.07, 6.45) is -0.329. The van der Waals surface area contributed by atoms with Crippen molar-refractivity contribution in [2.24, 2.45) is 0 Å². The highest BCUT2D eigenvalue weighted by Crippen LogP contribution is 2.45. The van der Waals surface area contributed by atoms with E-state index in [0.29, 0.717) is 16.3 Å². The van der Waals surface area contributed by atoms with Gasteiger partial charge in [-0.2, -0.15) is 8.78 Å². The molecule has 0 aliphatic heterocycles. The molecular formula is C20H14BrF2O5P. The van der Waals surface area contributed by atoms with E-state index in [1.165, 1.54) is 12.1 Å². The van der Waals surface area contributed by atoms with Crippen LogP contribution in [0.3, 0.4) is 0 Å². The zero-order valence-corrected chi connectivity index (χ0v) is 17.1. The summed E-state index contributed by atoms with van der Waals surface area (Å²) < 4.78 is 32.2. The number of halogens is 3. The fraction of sp³-hybridized carbons (Fsp3) is 0.0500. The highest BCUT2D eigenvalue weighted by Gasteiger charge is 2.38. The quantitative estimate of drug-likeness (QED) is 0.307. The van der Waals surface area contributed by atoms with Gasteiger partial charge in [0.25, 0.3) is 0 Å². The number of benzene rings is 3. The van der Waals surface area contributed by atoms with E-state index in [0.717, 1.165) is 11.6 Å². The minimum atomic E-state index is -3.87. The lowest BCUT2D eigenvalue weighted by Gasteiger charge is -2.19. The third-order valence-corrected chi connectivity index (χ3v) is 5.34. The summed E-state index contributed by atoms with van der Waals surface area (Å²) in [6, 6.07) is 14.2. The molecule has 0 radical (unpaired) electrons. The van der Waals surface area contributed by atoms with Gasteiger partial charge < -0.3 is 14.9 Å². The van der Waals surface area contributed by atoms with Crippen LogP contribution in [0.25, 0.3) is 22.9 Å². The van der Waals surface area contributed by atoms with Gasteiger partial charge in [0.05, 0.1) is 11.1 Å². The second-order valence-corrected chi connectivity index (χ2v) is 7.51. The Morgan fingerprint density at radius 1 is 1.03 bits per heavy atom. The van der Waals surface area contributed by atoms with E-state index in [4.69, 9.17) is 14.9 Å². The van der Waals surface area contributed by atoms with Crippen molar-refractivity contribution >= 4 is 53.4 Å². The number of hydrogen-bond donors (Lipinski definition) is 3. The molecule has 0 saturated carbocycles. The fourth-order valence-corrected chi connectivity index (χ4v) is 3.79. The molecule has 29 heavy (non-hydrogen) atoms.